The lowest BCUT2D eigenvalue weighted by Crippen LogP contribution is -2.07. The molecule has 0 radical (unpaired) electrons. The van der Waals surface area contributed by atoms with Gasteiger partial charge >= 0.3 is 0 Å². The van der Waals surface area contributed by atoms with E-state index in [0.29, 0.717) is 5.56 Å². The molecule has 3 nitrogen and oxygen atoms in total. The molecule has 0 spiro atoms. The van der Waals surface area contributed by atoms with Crippen LogP contribution in [-0.4, -0.2) is 25.3 Å². The summed E-state index contributed by atoms with van der Waals surface area (Å²) >= 11 is 4.39. The van der Waals surface area contributed by atoms with Gasteiger partial charge in [0.15, 0.2) is 0 Å². The van der Waals surface area contributed by atoms with Gasteiger partial charge in [0.05, 0.1) is 23.7 Å². The Labute approximate surface area is 116 Å². The van der Waals surface area contributed by atoms with E-state index in [9.17, 15) is 0 Å². The minimum Gasteiger partial charge on any atom is -0.369 e. The van der Waals surface area contributed by atoms with Crippen molar-refractivity contribution in [1.82, 2.24) is 4.90 Å². The Balaban J connectivity index is 3.15. The molecule has 0 aliphatic carbocycles. The standard InChI is InChI=1S/C10H9I2N3/c1-15(2)6-14-10-8(11)3-7(5-13)4-9(10)12/h3-4,6H,1-2H3. The summed E-state index contributed by atoms with van der Waals surface area (Å²) in [5, 5.41) is 8.79. The molecule has 0 fully saturated rings. The molecule has 0 saturated carbocycles. The number of hydrogen-bond donors (Lipinski definition) is 0. The highest BCUT2D eigenvalue weighted by atomic mass is 127. The fourth-order valence-electron chi connectivity index (χ4n) is 0.927. The molecule has 0 aromatic heterocycles. The Bertz CT molecular complexity index is 410. The third kappa shape index (κ3) is 3.61. The lowest BCUT2D eigenvalue weighted by molar-refractivity contribution is 0.643. The van der Waals surface area contributed by atoms with Crippen LogP contribution in [0.4, 0.5) is 5.69 Å². The molecule has 0 N–H and O–H groups in total. The van der Waals surface area contributed by atoms with Crippen LogP contribution < -0.4 is 0 Å². The maximum absolute atomic E-state index is 8.79. The van der Waals surface area contributed by atoms with E-state index >= 15 is 0 Å². The summed E-state index contributed by atoms with van der Waals surface area (Å²) in [6.07, 6.45) is 1.76. The Hall–Kier alpha value is -0.360. The molecular formula is C10H9I2N3. The van der Waals surface area contributed by atoms with Gasteiger partial charge in [0.2, 0.25) is 0 Å². The molecule has 15 heavy (non-hydrogen) atoms. The molecule has 0 amide bonds. The van der Waals surface area contributed by atoms with E-state index in [4.69, 9.17) is 5.26 Å². The zero-order valence-corrected chi connectivity index (χ0v) is 12.6. The van der Waals surface area contributed by atoms with Crippen LogP contribution in [0.1, 0.15) is 5.56 Å². The second-order valence-electron chi connectivity index (χ2n) is 3.11. The van der Waals surface area contributed by atoms with Crippen LogP contribution in [0.15, 0.2) is 17.1 Å². The number of aliphatic imine (C=N–C) groups is 1. The Morgan fingerprint density at radius 3 is 2.27 bits per heavy atom. The van der Waals surface area contributed by atoms with Crippen LogP contribution in [0.2, 0.25) is 0 Å². The zero-order chi connectivity index (χ0) is 11.4. The molecule has 0 saturated heterocycles. The van der Waals surface area contributed by atoms with Gasteiger partial charge < -0.3 is 4.90 Å². The van der Waals surface area contributed by atoms with E-state index in [-0.39, 0.29) is 0 Å². The Morgan fingerprint density at radius 1 is 1.33 bits per heavy atom. The van der Waals surface area contributed by atoms with Gasteiger partial charge in [-0.15, -0.1) is 0 Å². The van der Waals surface area contributed by atoms with Crippen LogP contribution in [0, 0.1) is 18.5 Å². The number of benzene rings is 1. The smallest absolute Gasteiger partial charge is 0.0992 e. The highest BCUT2D eigenvalue weighted by molar-refractivity contribution is 14.1. The van der Waals surface area contributed by atoms with Gasteiger partial charge in [-0.05, 0) is 57.3 Å². The normalized spacial score (nSPS) is 10.3. The predicted octanol–water partition coefficient (Wildman–Crippen LogP) is 2.99. The van der Waals surface area contributed by atoms with Crippen LogP contribution in [0.5, 0.6) is 0 Å². The molecule has 1 rings (SSSR count). The summed E-state index contributed by atoms with van der Waals surface area (Å²) in [5.41, 5.74) is 1.59. The topological polar surface area (TPSA) is 39.4 Å². The lowest BCUT2D eigenvalue weighted by Gasteiger charge is -2.05. The quantitative estimate of drug-likeness (QED) is 0.416. The first kappa shape index (κ1) is 12.7. The largest absolute Gasteiger partial charge is 0.369 e. The average molecular weight is 425 g/mol. The van der Waals surface area contributed by atoms with Crippen molar-refractivity contribution in [2.75, 3.05) is 14.1 Å². The fraction of sp³-hybridized carbons (Fsp3) is 0.200. The number of hydrogen-bond acceptors (Lipinski definition) is 2. The van der Waals surface area contributed by atoms with Crippen LogP contribution in [0.3, 0.4) is 0 Å². The van der Waals surface area contributed by atoms with Gasteiger partial charge in [0.25, 0.3) is 0 Å². The van der Waals surface area contributed by atoms with Crippen molar-refractivity contribution in [2.45, 2.75) is 0 Å². The molecule has 0 aliphatic rings. The molecule has 0 aliphatic heterocycles. The highest BCUT2D eigenvalue weighted by Gasteiger charge is 2.05. The summed E-state index contributed by atoms with van der Waals surface area (Å²) in [4.78, 5) is 6.24. The molecule has 0 bridgehead atoms. The van der Waals surface area contributed by atoms with Crippen molar-refractivity contribution in [3.8, 4) is 6.07 Å². The van der Waals surface area contributed by atoms with Gasteiger partial charge in [-0.2, -0.15) is 5.26 Å². The number of rotatable bonds is 2. The van der Waals surface area contributed by atoms with Gasteiger partial charge in [-0.1, -0.05) is 0 Å². The minimum absolute atomic E-state index is 0.674. The Morgan fingerprint density at radius 2 is 1.87 bits per heavy atom. The molecule has 1 aromatic carbocycles. The summed E-state index contributed by atoms with van der Waals surface area (Å²) in [6.45, 7) is 0. The second kappa shape index (κ2) is 5.65. The van der Waals surface area contributed by atoms with Gasteiger partial charge in [0, 0.05) is 21.2 Å². The van der Waals surface area contributed by atoms with Crippen molar-refractivity contribution in [3.05, 3.63) is 24.8 Å². The average Bonchev–Trinajstić information content (AvgIpc) is 2.15. The van der Waals surface area contributed by atoms with Crippen molar-refractivity contribution in [2.24, 2.45) is 4.99 Å². The van der Waals surface area contributed by atoms with Crippen molar-refractivity contribution in [1.29, 1.82) is 5.26 Å². The summed E-state index contributed by atoms with van der Waals surface area (Å²) in [6, 6.07) is 5.81. The third-order valence-electron chi connectivity index (χ3n) is 1.56. The predicted molar refractivity (Wildman–Crippen MR) is 78.4 cm³/mol. The van der Waals surface area contributed by atoms with Crippen LogP contribution in [-0.2, 0) is 0 Å². The number of nitrogens with zero attached hydrogens (tertiary/aromatic N) is 3. The van der Waals surface area contributed by atoms with Crippen LogP contribution in [0.25, 0.3) is 0 Å². The fourth-order valence-corrected chi connectivity index (χ4v) is 2.97. The maximum atomic E-state index is 8.79. The zero-order valence-electron chi connectivity index (χ0n) is 8.33. The van der Waals surface area contributed by atoms with E-state index in [0.717, 1.165) is 12.8 Å². The second-order valence-corrected chi connectivity index (χ2v) is 5.43. The molecule has 1 aromatic rings. The Kier molecular flexibility index (Phi) is 4.79. The number of halogens is 2. The molecule has 0 atom stereocenters. The number of nitriles is 1. The van der Waals surface area contributed by atoms with E-state index in [2.05, 4.69) is 56.2 Å². The van der Waals surface area contributed by atoms with Gasteiger partial charge in [0.1, 0.15) is 0 Å². The molecule has 5 heteroatoms. The third-order valence-corrected chi connectivity index (χ3v) is 3.21. The monoisotopic (exact) mass is 425 g/mol. The first-order valence-electron chi connectivity index (χ1n) is 4.14. The maximum Gasteiger partial charge on any atom is 0.0992 e. The molecular weight excluding hydrogens is 416 g/mol. The van der Waals surface area contributed by atoms with Gasteiger partial charge in [-0.25, -0.2) is 4.99 Å². The summed E-state index contributed by atoms with van der Waals surface area (Å²) < 4.78 is 1.99. The van der Waals surface area contributed by atoms with Gasteiger partial charge in [-0.3, -0.25) is 0 Å². The minimum atomic E-state index is 0.674. The summed E-state index contributed by atoms with van der Waals surface area (Å²) in [5.74, 6) is 0. The van der Waals surface area contributed by atoms with E-state index < -0.39 is 0 Å². The molecule has 0 heterocycles. The first-order chi connectivity index (χ1) is 7.04. The van der Waals surface area contributed by atoms with E-state index in [1.807, 2.05) is 31.1 Å². The first-order valence-corrected chi connectivity index (χ1v) is 6.30. The van der Waals surface area contributed by atoms with Crippen molar-refractivity contribution >= 4 is 57.2 Å². The molecule has 0 unspecified atom stereocenters. The SMILES string of the molecule is CN(C)C=Nc1c(I)cc(C#N)cc1I. The lowest BCUT2D eigenvalue weighted by atomic mass is 10.2. The van der Waals surface area contributed by atoms with Crippen molar-refractivity contribution in [3.63, 3.8) is 0 Å². The van der Waals surface area contributed by atoms with Crippen molar-refractivity contribution < 1.29 is 0 Å². The van der Waals surface area contributed by atoms with E-state index in [1.165, 1.54) is 0 Å². The molecule has 78 valence electrons. The van der Waals surface area contributed by atoms with E-state index in [1.54, 1.807) is 6.34 Å². The van der Waals surface area contributed by atoms with Crippen LogP contribution >= 0.6 is 45.2 Å². The highest BCUT2D eigenvalue weighted by Crippen LogP contribution is 2.28. The summed E-state index contributed by atoms with van der Waals surface area (Å²) in [7, 11) is 3.85.